The Kier molecular flexibility index (Phi) is 7.21. The van der Waals surface area contributed by atoms with Crippen LogP contribution in [0, 0.1) is 11.3 Å². The summed E-state index contributed by atoms with van der Waals surface area (Å²) in [5.41, 5.74) is 2.25. The predicted molar refractivity (Wildman–Crippen MR) is 126 cm³/mol. The van der Waals surface area contributed by atoms with Crippen molar-refractivity contribution < 1.29 is 9.53 Å². The molecule has 3 aromatic rings. The van der Waals surface area contributed by atoms with Gasteiger partial charge in [-0.1, -0.05) is 56.8 Å². The molecule has 32 heavy (non-hydrogen) atoms. The molecule has 0 aliphatic carbocycles. The van der Waals surface area contributed by atoms with Gasteiger partial charge < -0.3 is 14.6 Å². The van der Waals surface area contributed by atoms with Crippen molar-refractivity contribution in [3.05, 3.63) is 65.5 Å². The number of nitrogens with one attached hydrogen (secondary N) is 1. The first-order chi connectivity index (χ1) is 15.2. The van der Waals surface area contributed by atoms with E-state index in [-0.39, 0.29) is 23.2 Å². The highest BCUT2D eigenvalue weighted by molar-refractivity contribution is 7.99. The van der Waals surface area contributed by atoms with Gasteiger partial charge in [-0.3, -0.25) is 4.79 Å². The number of nitrogens with zero attached hydrogens (tertiary/aromatic N) is 4. The van der Waals surface area contributed by atoms with Gasteiger partial charge in [0.25, 0.3) is 0 Å². The summed E-state index contributed by atoms with van der Waals surface area (Å²) >= 11 is 1.28. The Labute approximate surface area is 192 Å². The van der Waals surface area contributed by atoms with E-state index in [1.54, 1.807) is 24.3 Å². The maximum atomic E-state index is 12.3. The standard InChI is InChI=1S/C24H27N5O2S/c1-16(31-19-12-10-18(11-13-19)24(2,3)4)22-27-28-23(29(22)5)32-15-21(30)26-20-9-7-6-8-17(20)14-25/h6-13,16H,15H2,1-5H3,(H,26,30)/t16-/m0/s1. The number of aromatic nitrogens is 3. The molecule has 7 nitrogen and oxygen atoms in total. The van der Waals surface area contributed by atoms with Gasteiger partial charge in [0.2, 0.25) is 5.91 Å². The van der Waals surface area contributed by atoms with Crippen LogP contribution >= 0.6 is 11.8 Å². The fourth-order valence-corrected chi connectivity index (χ4v) is 3.82. The third kappa shape index (κ3) is 5.68. The highest BCUT2D eigenvalue weighted by Gasteiger charge is 2.19. The van der Waals surface area contributed by atoms with Crippen LogP contribution in [0.5, 0.6) is 5.75 Å². The van der Waals surface area contributed by atoms with Crippen molar-refractivity contribution in [1.29, 1.82) is 5.26 Å². The third-order valence-electron chi connectivity index (χ3n) is 4.92. The van der Waals surface area contributed by atoms with Crippen LogP contribution in [0.25, 0.3) is 0 Å². The minimum atomic E-state index is -0.307. The number of nitriles is 1. The van der Waals surface area contributed by atoms with Crippen molar-refractivity contribution in [2.75, 3.05) is 11.1 Å². The molecule has 0 aliphatic heterocycles. The van der Waals surface area contributed by atoms with Gasteiger partial charge in [0.05, 0.1) is 17.0 Å². The zero-order chi connectivity index (χ0) is 23.3. The third-order valence-corrected chi connectivity index (χ3v) is 5.94. The van der Waals surface area contributed by atoms with Gasteiger partial charge in [0.1, 0.15) is 11.8 Å². The number of hydrogen-bond acceptors (Lipinski definition) is 6. The van der Waals surface area contributed by atoms with Crippen LogP contribution < -0.4 is 10.1 Å². The molecule has 8 heteroatoms. The Morgan fingerprint density at radius 2 is 1.88 bits per heavy atom. The highest BCUT2D eigenvalue weighted by Crippen LogP contribution is 2.27. The lowest BCUT2D eigenvalue weighted by atomic mass is 9.87. The maximum absolute atomic E-state index is 12.3. The van der Waals surface area contributed by atoms with Crippen molar-refractivity contribution in [2.45, 2.75) is 44.4 Å². The number of para-hydroxylation sites is 1. The molecule has 0 radical (unpaired) electrons. The van der Waals surface area contributed by atoms with E-state index in [0.717, 1.165) is 5.75 Å². The molecule has 0 saturated carbocycles. The van der Waals surface area contributed by atoms with E-state index in [1.165, 1.54) is 17.3 Å². The molecule has 2 aromatic carbocycles. The number of thioether (sulfide) groups is 1. The lowest BCUT2D eigenvalue weighted by molar-refractivity contribution is -0.113. The van der Waals surface area contributed by atoms with Gasteiger partial charge in [0.15, 0.2) is 17.1 Å². The zero-order valence-corrected chi connectivity index (χ0v) is 19.7. The van der Waals surface area contributed by atoms with Crippen LogP contribution in [-0.2, 0) is 17.3 Å². The molecule has 0 unspecified atom stereocenters. The monoisotopic (exact) mass is 449 g/mol. The van der Waals surface area contributed by atoms with Gasteiger partial charge >= 0.3 is 0 Å². The molecule has 1 heterocycles. The predicted octanol–water partition coefficient (Wildman–Crippen LogP) is 4.86. The number of rotatable bonds is 7. The lowest BCUT2D eigenvalue weighted by Gasteiger charge is -2.20. The first kappa shape index (κ1) is 23.4. The molecule has 1 atom stereocenters. The molecular formula is C24H27N5O2S. The molecule has 0 bridgehead atoms. The van der Waals surface area contributed by atoms with Gasteiger partial charge in [-0.05, 0) is 42.2 Å². The summed E-state index contributed by atoms with van der Waals surface area (Å²) in [7, 11) is 1.85. The number of anilines is 1. The van der Waals surface area contributed by atoms with Crippen LogP contribution in [0.2, 0.25) is 0 Å². The van der Waals surface area contributed by atoms with E-state index >= 15 is 0 Å². The van der Waals surface area contributed by atoms with Crippen LogP contribution in [0.4, 0.5) is 5.69 Å². The molecule has 0 fully saturated rings. The van der Waals surface area contributed by atoms with Gasteiger partial charge in [0, 0.05) is 7.05 Å². The van der Waals surface area contributed by atoms with Crippen LogP contribution in [0.15, 0.2) is 53.7 Å². The summed E-state index contributed by atoms with van der Waals surface area (Å²) in [5, 5.41) is 21.0. The highest BCUT2D eigenvalue weighted by atomic mass is 32.2. The molecular weight excluding hydrogens is 422 g/mol. The number of benzene rings is 2. The SMILES string of the molecule is C[C@H](Oc1ccc(C(C)(C)C)cc1)c1nnc(SCC(=O)Nc2ccccc2C#N)n1C. The molecule has 0 aliphatic rings. The van der Waals surface area contributed by atoms with Crippen molar-refractivity contribution in [2.24, 2.45) is 7.05 Å². The summed E-state index contributed by atoms with van der Waals surface area (Å²) < 4.78 is 7.88. The van der Waals surface area contributed by atoms with E-state index in [9.17, 15) is 4.79 Å². The summed E-state index contributed by atoms with van der Waals surface area (Å²) in [4.78, 5) is 12.3. The van der Waals surface area contributed by atoms with E-state index in [0.29, 0.717) is 22.2 Å². The number of carbonyl (C=O) groups excluding carboxylic acids is 1. The molecule has 1 N–H and O–H groups in total. The minimum Gasteiger partial charge on any atom is -0.483 e. The largest absolute Gasteiger partial charge is 0.483 e. The molecule has 166 valence electrons. The van der Waals surface area contributed by atoms with E-state index in [2.05, 4.69) is 54.5 Å². The van der Waals surface area contributed by atoms with Crippen LogP contribution in [0.3, 0.4) is 0 Å². The van der Waals surface area contributed by atoms with Crippen molar-refractivity contribution in [1.82, 2.24) is 14.8 Å². The molecule has 0 spiro atoms. The van der Waals surface area contributed by atoms with E-state index in [4.69, 9.17) is 10.00 Å². The average molecular weight is 450 g/mol. The summed E-state index contributed by atoms with van der Waals surface area (Å²) in [5.74, 6) is 1.36. The number of ether oxygens (including phenoxy) is 1. The molecule has 1 aromatic heterocycles. The average Bonchev–Trinajstić information content (AvgIpc) is 3.13. The smallest absolute Gasteiger partial charge is 0.234 e. The van der Waals surface area contributed by atoms with E-state index < -0.39 is 0 Å². The normalized spacial score (nSPS) is 12.1. The first-order valence-corrected chi connectivity index (χ1v) is 11.3. The first-order valence-electron chi connectivity index (χ1n) is 10.3. The topological polar surface area (TPSA) is 92.8 Å². The Morgan fingerprint density at radius 3 is 2.53 bits per heavy atom. The van der Waals surface area contributed by atoms with Gasteiger partial charge in [-0.15, -0.1) is 10.2 Å². The Hall–Kier alpha value is -3.31. The van der Waals surface area contributed by atoms with Crippen LogP contribution in [0.1, 0.15) is 50.8 Å². The molecule has 1 amide bonds. The minimum absolute atomic E-state index is 0.0862. The quantitative estimate of drug-likeness (QED) is 0.518. The summed E-state index contributed by atoms with van der Waals surface area (Å²) in [6.07, 6.45) is -0.307. The Morgan fingerprint density at radius 1 is 1.19 bits per heavy atom. The second kappa shape index (κ2) is 9.88. The molecule has 3 rings (SSSR count). The van der Waals surface area contributed by atoms with Gasteiger partial charge in [-0.2, -0.15) is 5.26 Å². The van der Waals surface area contributed by atoms with Crippen molar-refractivity contribution >= 4 is 23.4 Å². The second-order valence-corrected chi connectivity index (χ2v) is 9.37. The van der Waals surface area contributed by atoms with Gasteiger partial charge in [-0.25, -0.2) is 0 Å². The number of carbonyl (C=O) groups is 1. The number of amides is 1. The van der Waals surface area contributed by atoms with Crippen LogP contribution in [-0.4, -0.2) is 26.4 Å². The fraction of sp³-hybridized carbons (Fsp3) is 0.333. The van der Waals surface area contributed by atoms with Crippen molar-refractivity contribution in [3.63, 3.8) is 0 Å². The maximum Gasteiger partial charge on any atom is 0.234 e. The Balaban J connectivity index is 1.60. The van der Waals surface area contributed by atoms with Crippen molar-refractivity contribution in [3.8, 4) is 11.8 Å². The Bertz CT molecular complexity index is 1130. The summed E-state index contributed by atoms with van der Waals surface area (Å²) in [6, 6.07) is 17.0. The molecule has 0 saturated heterocycles. The fourth-order valence-electron chi connectivity index (χ4n) is 3.10. The van der Waals surface area contributed by atoms with E-state index in [1.807, 2.05) is 30.7 Å². The lowest BCUT2D eigenvalue weighted by Crippen LogP contribution is -2.15. The zero-order valence-electron chi connectivity index (χ0n) is 18.9. The summed E-state index contributed by atoms with van der Waals surface area (Å²) in [6.45, 7) is 8.44. The number of hydrogen-bond donors (Lipinski definition) is 1. The second-order valence-electron chi connectivity index (χ2n) is 8.43.